The molecule has 1 aromatic carbocycles. The second kappa shape index (κ2) is 8.01. The monoisotopic (exact) mass is 330 g/mol. The van der Waals surface area contributed by atoms with Crippen LogP contribution in [-0.2, 0) is 0 Å². The Bertz CT molecular complexity index is 413. The smallest absolute Gasteiger partial charge is 0.251 e. The Kier molecular flexibility index (Phi) is 6.66. The molecular weight excluding hydrogens is 312 g/mol. The van der Waals surface area contributed by atoms with E-state index in [9.17, 15) is 4.79 Å². The number of nitrogens with one attached hydrogen (secondary N) is 1. The molecule has 0 aromatic heterocycles. The minimum Gasteiger partial charge on any atom is -0.495 e. The van der Waals surface area contributed by atoms with E-state index in [1.165, 1.54) is 0 Å². The van der Waals surface area contributed by atoms with Crippen molar-refractivity contribution in [1.82, 2.24) is 5.32 Å². The van der Waals surface area contributed by atoms with Crippen LogP contribution in [0, 0.1) is 0 Å². The van der Waals surface area contributed by atoms with Gasteiger partial charge in [-0.25, -0.2) is 0 Å². The van der Waals surface area contributed by atoms with Crippen LogP contribution in [0.2, 0.25) is 0 Å². The lowest BCUT2D eigenvalue weighted by atomic mass is 10.2. The summed E-state index contributed by atoms with van der Waals surface area (Å²) in [5, 5.41) is 2.83. The molecule has 0 heterocycles. The van der Waals surface area contributed by atoms with E-state index < -0.39 is 0 Å². The Balaban J connectivity index is 2.79. The molecule has 6 heteroatoms. The molecule has 0 saturated carbocycles. The molecule has 1 aromatic rings. The van der Waals surface area contributed by atoms with Crippen LogP contribution in [0.1, 0.15) is 23.2 Å². The Morgan fingerprint density at radius 3 is 2.32 bits per heavy atom. The van der Waals surface area contributed by atoms with Gasteiger partial charge in [0.15, 0.2) is 0 Å². The predicted octanol–water partition coefficient (Wildman–Crippen LogP) is 1.93. The van der Waals surface area contributed by atoms with Gasteiger partial charge in [0.1, 0.15) is 16.0 Å². The normalized spacial score (nSPS) is 10.1. The SMILES string of the molecule is COc1cc(C(=O)NCCCCN)cc(OC)c1Br. The lowest BCUT2D eigenvalue weighted by Crippen LogP contribution is -2.25. The first-order valence-electron chi connectivity index (χ1n) is 6.03. The molecule has 0 bridgehead atoms. The van der Waals surface area contributed by atoms with Crippen molar-refractivity contribution in [2.75, 3.05) is 27.3 Å². The van der Waals surface area contributed by atoms with Crippen LogP contribution in [-0.4, -0.2) is 33.2 Å². The van der Waals surface area contributed by atoms with E-state index >= 15 is 0 Å². The Morgan fingerprint density at radius 2 is 1.84 bits per heavy atom. The van der Waals surface area contributed by atoms with Gasteiger partial charge < -0.3 is 20.5 Å². The molecule has 0 fully saturated rings. The van der Waals surface area contributed by atoms with Crippen LogP contribution < -0.4 is 20.5 Å². The molecule has 0 aliphatic carbocycles. The quantitative estimate of drug-likeness (QED) is 0.749. The van der Waals surface area contributed by atoms with Crippen molar-refractivity contribution in [2.24, 2.45) is 5.73 Å². The van der Waals surface area contributed by atoms with E-state index in [0.29, 0.717) is 34.6 Å². The third-order valence-corrected chi connectivity index (χ3v) is 3.41. The zero-order valence-corrected chi connectivity index (χ0v) is 12.7. The number of ether oxygens (including phenoxy) is 2. The molecule has 106 valence electrons. The number of methoxy groups -OCH3 is 2. The molecule has 3 N–H and O–H groups in total. The van der Waals surface area contributed by atoms with Gasteiger partial charge in [0, 0.05) is 12.1 Å². The van der Waals surface area contributed by atoms with E-state index in [2.05, 4.69) is 21.2 Å². The van der Waals surface area contributed by atoms with Gasteiger partial charge >= 0.3 is 0 Å². The molecule has 0 unspecified atom stereocenters. The summed E-state index contributed by atoms with van der Waals surface area (Å²) >= 11 is 3.36. The highest BCUT2D eigenvalue weighted by atomic mass is 79.9. The maximum Gasteiger partial charge on any atom is 0.251 e. The van der Waals surface area contributed by atoms with Crippen molar-refractivity contribution in [1.29, 1.82) is 0 Å². The van der Waals surface area contributed by atoms with Crippen molar-refractivity contribution in [3.05, 3.63) is 22.2 Å². The fourth-order valence-corrected chi connectivity index (χ4v) is 2.13. The largest absolute Gasteiger partial charge is 0.495 e. The van der Waals surface area contributed by atoms with E-state index in [0.717, 1.165) is 12.8 Å². The molecular formula is C13H19BrN2O3. The first-order valence-corrected chi connectivity index (χ1v) is 6.83. The van der Waals surface area contributed by atoms with Crippen molar-refractivity contribution >= 4 is 21.8 Å². The summed E-state index contributed by atoms with van der Waals surface area (Å²) in [6.07, 6.45) is 1.76. The topological polar surface area (TPSA) is 73.6 Å². The summed E-state index contributed by atoms with van der Waals surface area (Å²) in [6, 6.07) is 3.34. The number of hydrogen-bond acceptors (Lipinski definition) is 4. The minimum absolute atomic E-state index is 0.152. The summed E-state index contributed by atoms with van der Waals surface area (Å²) < 4.78 is 11.1. The maximum absolute atomic E-state index is 12.0. The van der Waals surface area contributed by atoms with Gasteiger partial charge in [-0.1, -0.05) is 0 Å². The van der Waals surface area contributed by atoms with E-state index in [4.69, 9.17) is 15.2 Å². The summed E-state index contributed by atoms with van der Waals surface area (Å²) in [4.78, 5) is 12.0. The third kappa shape index (κ3) is 4.40. The predicted molar refractivity (Wildman–Crippen MR) is 77.9 cm³/mol. The van der Waals surface area contributed by atoms with Gasteiger partial charge in [-0.05, 0) is 47.4 Å². The summed E-state index contributed by atoms with van der Waals surface area (Å²) in [5.74, 6) is 0.971. The van der Waals surface area contributed by atoms with Crippen LogP contribution in [0.5, 0.6) is 11.5 Å². The van der Waals surface area contributed by atoms with Crippen LogP contribution >= 0.6 is 15.9 Å². The number of benzene rings is 1. The van der Waals surface area contributed by atoms with Crippen molar-refractivity contribution < 1.29 is 14.3 Å². The highest BCUT2D eigenvalue weighted by Gasteiger charge is 2.14. The Labute approximate surface area is 121 Å². The number of carbonyl (C=O) groups excluding carboxylic acids is 1. The van der Waals surface area contributed by atoms with Gasteiger partial charge in [0.2, 0.25) is 0 Å². The average Bonchev–Trinajstić information content (AvgIpc) is 2.43. The zero-order valence-electron chi connectivity index (χ0n) is 11.2. The summed E-state index contributed by atoms with van der Waals surface area (Å²) in [6.45, 7) is 1.24. The third-order valence-electron chi connectivity index (χ3n) is 2.62. The number of hydrogen-bond donors (Lipinski definition) is 2. The number of nitrogens with two attached hydrogens (primary N) is 1. The van der Waals surface area contributed by atoms with E-state index in [1.54, 1.807) is 26.4 Å². The standard InChI is InChI=1S/C13H19BrN2O3/c1-18-10-7-9(8-11(19-2)12(10)14)13(17)16-6-4-3-5-15/h7-8H,3-6,15H2,1-2H3,(H,16,17). The molecule has 0 aliphatic heterocycles. The van der Waals surface area contributed by atoms with Gasteiger partial charge in [0.05, 0.1) is 14.2 Å². The van der Waals surface area contributed by atoms with Crippen LogP contribution in [0.4, 0.5) is 0 Å². The van der Waals surface area contributed by atoms with Gasteiger partial charge in [-0.15, -0.1) is 0 Å². The number of amides is 1. The van der Waals surface area contributed by atoms with Crippen molar-refractivity contribution in [2.45, 2.75) is 12.8 Å². The fourth-order valence-electron chi connectivity index (χ4n) is 1.57. The van der Waals surface area contributed by atoms with Gasteiger partial charge in [-0.2, -0.15) is 0 Å². The van der Waals surface area contributed by atoms with Crippen molar-refractivity contribution in [3.63, 3.8) is 0 Å². The first kappa shape index (κ1) is 15.8. The van der Waals surface area contributed by atoms with E-state index in [-0.39, 0.29) is 5.91 Å². The van der Waals surface area contributed by atoms with Crippen molar-refractivity contribution in [3.8, 4) is 11.5 Å². The fraction of sp³-hybridized carbons (Fsp3) is 0.462. The maximum atomic E-state index is 12.0. The highest BCUT2D eigenvalue weighted by molar-refractivity contribution is 9.10. The van der Waals surface area contributed by atoms with Crippen LogP contribution in [0.3, 0.4) is 0 Å². The number of carbonyl (C=O) groups is 1. The van der Waals surface area contributed by atoms with Gasteiger partial charge in [0.25, 0.3) is 5.91 Å². The lowest BCUT2D eigenvalue weighted by molar-refractivity contribution is 0.0952. The molecule has 0 radical (unpaired) electrons. The zero-order chi connectivity index (χ0) is 14.3. The molecule has 0 spiro atoms. The number of unbranched alkanes of at least 4 members (excludes halogenated alkanes) is 1. The molecule has 5 nitrogen and oxygen atoms in total. The average molecular weight is 331 g/mol. The number of halogens is 1. The molecule has 0 aliphatic rings. The minimum atomic E-state index is -0.152. The second-order valence-corrected chi connectivity index (χ2v) is 4.74. The summed E-state index contributed by atoms with van der Waals surface area (Å²) in [5.41, 5.74) is 5.90. The molecule has 1 rings (SSSR count). The van der Waals surface area contributed by atoms with Gasteiger partial charge in [-0.3, -0.25) is 4.79 Å². The molecule has 0 atom stereocenters. The first-order chi connectivity index (χ1) is 9.13. The summed E-state index contributed by atoms with van der Waals surface area (Å²) in [7, 11) is 3.09. The molecule has 1 amide bonds. The molecule has 0 saturated heterocycles. The Morgan fingerprint density at radius 1 is 1.26 bits per heavy atom. The number of rotatable bonds is 7. The van der Waals surface area contributed by atoms with Crippen LogP contribution in [0.15, 0.2) is 16.6 Å². The lowest BCUT2D eigenvalue weighted by Gasteiger charge is -2.11. The van der Waals surface area contributed by atoms with Crippen LogP contribution in [0.25, 0.3) is 0 Å². The second-order valence-electron chi connectivity index (χ2n) is 3.95. The Hall–Kier alpha value is -1.27. The highest BCUT2D eigenvalue weighted by Crippen LogP contribution is 2.35. The van der Waals surface area contributed by atoms with E-state index in [1.807, 2.05) is 0 Å². The molecule has 19 heavy (non-hydrogen) atoms.